The number of rotatable bonds is 6. The summed E-state index contributed by atoms with van der Waals surface area (Å²) in [4.78, 5) is 12.3. The van der Waals surface area contributed by atoms with Crippen LogP contribution in [0.3, 0.4) is 0 Å². The maximum absolute atomic E-state index is 13.0. The van der Waals surface area contributed by atoms with Gasteiger partial charge in [0.2, 0.25) is 0 Å². The largest absolute Gasteiger partial charge is 0.462 e. The highest BCUT2D eigenvalue weighted by Gasteiger charge is 2.27. The highest BCUT2D eigenvalue weighted by molar-refractivity contribution is 9.10. The van der Waals surface area contributed by atoms with Gasteiger partial charge in [-0.3, -0.25) is 4.31 Å². The minimum absolute atomic E-state index is 0.159. The van der Waals surface area contributed by atoms with Gasteiger partial charge in [-0.2, -0.15) is 0 Å². The Morgan fingerprint density at radius 2 is 1.71 bits per heavy atom. The molecule has 0 saturated carbocycles. The molecule has 5 nitrogen and oxygen atoms in total. The lowest BCUT2D eigenvalue weighted by atomic mass is 10.2. The van der Waals surface area contributed by atoms with Gasteiger partial charge in [0.05, 0.1) is 22.8 Å². The first-order valence-corrected chi connectivity index (χ1v) is 9.69. The van der Waals surface area contributed by atoms with Crippen molar-refractivity contribution in [1.29, 1.82) is 0 Å². The maximum atomic E-state index is 13.0. The summed E-state index contributed by atoms with van der Waals surface area (Å²) >= 11 is 3.29. The molecule has 0 amide bonds. The fraction of sp³-hybridized carbons (Fsp3) is 0.235. The van der Waals surface area contributed by atoms with Crippen LogP contribution in [0.1, 0.15) is 24.2 Å². The summed E-state index contributed by atoms with van der Waals surface area (Å²) < 4.78 is 33.0. The third-order valence-electron chi connectivity index (χ3n) is 3.36. The number of esters is 1. The van der Waals surface area contributed by atoms with Crippen molar-refractivity contribution < 1.29 is 17.9 Å². The molecule has 0 heterocycles. The zero-order chi connectivity index (χ0) is 17.7. The van der Waals surface area contributed by atoms with Crippen LogP contribution in [0.2, 0.25) is 0 Å². The molecule has 0 saturated heterocycles. The van der Waals surface area contributed by atoms with Gasteiger partial charge >= 0.3 is 5.97 Å². The highest BCUT2D eigenvalue weighted by Crippen LogP contribution is 2.28. The molecule has 0 radical (unpaired) electrons. The summed E-state index contributed by atoms with van der Waals surface area (Å²) in [5.74, 6) is -0.544. The van der Waals surface area contributed by atoms with Gasteiger partial charge < -0.3 is 4.74 Å². The van der Waals surface area contributed by atoms with Gasteiger partial charge in [-0.1, -0.05) is 28.1 Å². The Balaban J connectivity index is 2.52. The van der Waals surface area contributed by atoms with Crippen LogP contribution in [0.15, 0.2) is 57.9 Å². The van der Waals surface area contributed by atoms with Crippen LogP contribution in [0.25, 0.3) is 0 Å². The second-order valence-corrected chi connectivity index (χ2v) is 7.64. The Bertz CT molecular complexity index is 819. The first kappa shape index (κ1) is 18.5. The van der Waals surface area contributed by atoms with E-state index in [0.717, 1.165) is 4.47 Å². The fourth-order valence-electron chi connectivity index (χ4n) is 2.28. The van der Waals surface area contributed by atoms with E-state index in [4.69, 9.17) is 4.74 Å². The summed E-state index contributed by atoms with van der Waals surface area (Å²) in [6, 6.07) is 12.9. The van der Waals surface area contributed by atoms with Crippen LogP contribution < -0.4 is 4.31 Å². The van der Waals surface area contributed by atoms with E-state index in [9.17, 15) is 13.2 Å². The number of hydrogen-bond donors (Lipinski definition) is 0. The van der Waals surface area contributed by atoms with E-state index in [1.165, 1.54) is 16.4 Å². The van der Waals surface area contributed by atoms with Gasteiger partial charge in [0.1, 0.15) is 0 Å². The number of ether oxygens (including phenoxy) is 1. The first-order chi connectivity index (χ1) is 11.4. The molecular formula is C17H18BrNO4S. The van der Waals surface area contributed by atoms with Gasteiger partial charge in [-0.05, 0) is 50.2 Å². The Hall–Kier alpha value is -1.86. The van der Waals surface area contributed by atoms with E-state index in [1.807, 2.05) is 0 Å². The van der Waals surface area contributed by atoms with Gasteiger partial charge in [-0.25, -0.2) is 13.2 Å². The number of carbonyl (C=O) groups is 1. The minimum atomic E-state index is -3.79. The van der Waals surface area contributed by atoms with E-state index in [1.54, 1.807) is 50.2 Å². The minimum Gasteiger partial charge on any atom is -0.462 e. The monoisotopic (exact) mass is 411 g/mol. The fourth-order valence-corrected chi connectivity index (χ4v) is 4.03. The molecule has 0 spiro atoms. The van der Waals surface area contributed by atoms with Crippen LogP contribution in [-0.4, -0.2) is 27.5 Å². The predicted octanol–water partition coefficient (Wildman–Crippen LogP) is 3.84. The van der Waals surface area contributed by atoms with E-state index in [-0.39, 0.29) is 23.6 Å². The number of hydrogen-bond acceptors (Lipinski definition) is 4. The molecule has 0 fully saturated rings. The van der Waals surface area contributed by atoms with E-state index in [2.05, 4.69) is 15.9 Å². The number of nitrogens with zero attached hydrogens (tertiary/aromatic N) is 1. The molecule has 0 aromatic heterocycles. The van der Waals surface area contributed by atoms with Crippen molar-refractivity contribution in [3.05, 3.63) is 58.6 Å². The third-order valence-corrected chi connectivity index (χ3v) is 5.79. The van der Waals surface area contributed by atoms with Crippen LogP contribution >= 0.6 is 15.9 Å². The maximum Gasteiger partial charge on any atom is 0.340 e. The van der Waals surface area contributed by atoms with Gasteiger partial charge in [0.15, 0.2) is 0 Å². The second kappa shape index (κ2) is 7.81. The Labute approximate surface area is 150 Å². The molecular weight excluding hydrogens is 394 g/mol. The topological polar surface area (TPSA) is 63.7 Å². The average Bonchev–Trinajstić information content (AvgIpc) is 2.56. The third kappa shape index (κ3) is 3.79. The molecule has 2 rings (SSSR count). The summed E-state index contributed by atoms with van der Waals surface area (Å²) in [5.41, 5.74) is 0.531. The number of halogens is 1. The van der Waals surface area contributed by atoms with Crippen molar-refractivity contribution in [2.75, 3.05) is 17.5 Å². The molecule has 0 atom stereocenters. The Kier molecular flexibility index (Phi) is 6.01. The summed E-state index contributed by atoms with van der Waals surface area (Å²) in [7, 11) is -3.79. The van der Waals surface area contributed by atoms with Crippen molar-refractivity contribution in [1.82, 2.24) is 0 Å². The molecule has 0 unspecified atom stereocenters. The highest BCUT2D eigenvalue weighted by atomic mass is 79.9. The lowest BCUT2D eigenvalue weighted by molar-refractivity contribution is 0.0527. The molecule has 0 N–H and O–H groups in total. The number of carbonyl (C=O) groups excluding carboxylic acids is 1. The summed E-state index contributed by atoms with van der Waals surface area (Å²) in [6.45, 7) is 3.84. The molecule has 2 aromatic carbocycles. The van der Waals surface area contributed by atoms with Gasteiger partial charge in [0, 0.05) is 11.0 Å². The van der Waals surface area contributed by atoms with Crippen molar-refractivity contribution in [2.24, 2.45) is 0 Å². The van der Waals surface area contributed by atoms with Gasteiger partial charge in [0.25, 0.3) is 10.0 Å². The predicted molar refractivity (Wildman–Crippen MR) is 96.7 cm³/mol. The molecule has 0 aliphatic carbocycles. The quantitative estimate of drug-likeness (QED) is 0.677. The van der Waals surface area contributed by atoms with Crippen molar-refractivity contribution >= 4 is 37.6 Å². The molecule has 0 bridgehead atoms. The Morgan fingerprint density at radius 1 is 1.08 bits per heavy atom. The van der Waals surface area contributed by atoms with Crippen LogP contribution in [0.5, 0.6) is 0 Å². The Morgan fingerprint density at radius 3 is 2.29 bits per heavy atom. The smallest absolute Gasteiger partial charge is 0.340 e. The molecule has 128 valence electrons. The lowest BCUT2D eigenvalue weighted by Gasteiger charge is -2.24. The van der Waals surface area contributed by atoms with Crippen molar-refractivity contribution in [3.8, 4) is 0 Å². The summed E-state index contributed by atoms with van der Waals surface area (Å²) in [6.07, 6.45) is 0. The first-order valence-electron chi connectivity index (χ1n) is 7.46. The van der Waals surface area contributed by atoms with E-state index >= 15 is 0 Å². The molecule has 2 aromatic rings. The van der Waals surface area contributed by atoms with E-state index in [0.29, 0.717) is 5.69 Å². The lowest BCUT2D eigenvalue weighted by Crippen LogP contribution is -2.32. The van der Waals surface area contributed by atoms with Crippen molar-refractivity contribution in [3.63, 3.8) is 0 Å². The van der Waals surface area contributed by atoms with Gasteiger partial charge in [-0.15, -0.1) is 0 Å². The average molecular weight is 412 g/mol. The number of benzene rings is 2. The standard InChI is InChI=1S/C17H18BrNO4S/c1-3-19(24(21,22)14-11-9-13(18)10-12-14)16-8-6-5-7-15(16)17(20)23-4-2/h5-12H,3-4H2,1-2H3. The number of anilines is 1. The van der Waals surface area contributed by atoms with Crippen LogP contribution in [0, 0.1) is 0 Å². The van der Waals surface area contributed by atoms with Crippen LogP contribution in [0.4, 0.5) is 5.69 Å². The zero-order valence-corrected chi connectivity index (χ0v) is 15.8. The molecule has 24 heavy (non-hydrogen) atoms. The molecule has 7 heteroatoms. The second-order valence-electron chi connectivity index (χ2n) is 4.86. The normalized spacial score (nSPS) is 11.1. The number of para-hydroxylation sites is 1. The zero-order valence-electron chi connectivity index (χ0n) is 13.4. The number of sulfonamides is 1. The molecule has 0 aliphatic heterocycles. The SMILES string of the molecule is CCOC(=O)c1ccccc1N(CC)S(=O)(=O)c1ccc(Br)cc1. The van der Waals surface area contributed by atoms with Crippen LogP contribution in [-0.2, 0) is 14.8 Å². The van der Waals surface area contributed by atoms with E-state index < -0.39 is 16.0 Å². The summed E-state index contributed by atoms with van der Waals surface area (Å²) in [5, 5.41) is 0. The van der Waals surface area contributed by atoms with Crippen molar-refractivity contribution in [2.45, 2.75) is 18.7 Å². The molecule has 0 aliphatic rings.